The largest absolute Gasteiger partial charge is 0.507 e. The molecular formula is C23H15Cl3N2O5. The van der Waals surface area contributed by atoms with Crippen LogP contribution in [0.25, 0.3) is 5.76 Å². The average molecular weight is 506 g/mol. The van der Waals surface area contributed by atoms with Gasteiger partial charge in [-0.15, -0.1) is 0 Å². The maximum Gasteiger partial charge on any atom is 0.300 e. The molecule has 1 fully saturated rings. The number of carbonyl (C=O) groups excluding carboxylic acids is 2. The summed E-state index contributed by atoms with van der Waals surface area (Å²) in [6, 6.07) is 8.99. The van der Waals surface area contributed by atoms with Crippen LogP contribution in [0.15, 0.2) is 60.4 Å². The van der Waals surface area contributed by atoms with Gasteiger partial charge in [0.05, 0.1) is 34.5 Å². The Hall–Kier alpha value is -3.26. The van der Waals surface area contributed by atoms with Crippen LogP contribution in [-0.2, 0) is 9.59 Å². The number of pyridine rings is 1. The van der Waals surface area contributed by atoms with E-state index < -0.39 is 23.5 Å². The Morgan fingerprint density at radius 2 is 1.79 bits per heavy atom. The molecule has 1 aliphatic heterocycles. The first kappa shape index (κ1) is 22.9. The van der Waals surface area contributed by atoms with E-state index in [0.29, 0.717) is 5.56 Å². The third-order valence-corrected chi connectivity index (χ3v) is 5.91. The van der Waals surface area contributed by atoms with Gasteiger partial charge in [-0.25, -0.2) is 0 Å². The van der Waals surface area contributed by atoms with Crippen molar-refractivity contribution in [3.8, 4) is 11.5 Å². The zero-order chi connectivity index (χ0) is 23.9. The van der Waals surface area contributed by atoms with Crippen LogP contribution < -0.4 is 9.64 Å². The van der Waals surface area contributed by atoms with Crippen molar-refractivity contribution < 1.29 is 24.5 Å². The molecule has 0 saturated carbocycles. The molecule has 1 aromatic heterocycles. The predicted octanol–water partition coefficient (Wildman–Crippen LogP) is 5.38. The van der Waals surface area contributed by atoms with Gasteiger partial charge in [0.2, 0.25) is 0 Å². The Bertz CT molecular complexity index is 1290. The van der Waals surface area contributed by atoms with E-state index in [1.54, 1.807) is 12.1 Å². The molecular weight excluding hydrogens is 491 g/mol. The first-order chi connectivity index (χ1) is 15.7. The van der Waals surface area contributed by atoms with E-state index in [1.807, 2.05) is 0 Å². The van der Waals surface area contributed by atoms with Crippen molar-refractivity contribution in [1.82, 2.24) is 4.98 Å². The Morgan fingerprint density at radius 1 is 1.09 bits per heavy atom. The molecule has 4 rings (SSSR count). The number of aromatic nitrogens is 1. The summed E-state index contributed by atoms with van der Waals surface area (Å²) in [5.74, 6) is -2.51. The van der Waals surface area contributed by atoms with Crippen molar-refractivity contribution in [1.29, 1.82) is 0 Å². The van der Waals surface area contributed by atoms with Crippen molar-refractivity contribution in [3.63, 3.8) is 0 Å². The summed E-state index contributed by atoms with van der Waals surface area (Å²) in [6.07, 6.45) is 2.97. The molecule has 2 aromatic carbocycles. The summed E-state index contributed by atoms with van der Waals surface area (Å²) < 4.78 is 5.12. The van der Waals surface area contributed by atoms with Crippen LogP contribution in [0.3, 0.4) is 0 Å². The normalized spacial score (nSPS) is 17.5. The fourth-order valence-electron chi connectivity index (χ4n) is 3.67. The number of phenolic OH excluding ortho intramolecular Hbond substituents is 1. The van der Waals surface area contributed by atoms with E-state index in [2.05, 4.69) is 4.98 Å². The van der Waals surface area contributed by atoms with E-state index in [0.717, 1.165) is 4.90 Å². The van der Waals surface area contributed by atoms with Gasteiger partial charge < -0.3 is 14.9 Å². The second-order valence-electron chi connectivity index (χ2n) is 7.06. The molecule has 3 aromatic rings. The molecule has 10 heteroatoms. The van der Waals surface area contributed by atoms with Gasteiger partial charge in [-0.2, -0.15) is 0 Å². The summed E-state index contributed by atoms with van der Waals surface area (Å²) in [4.78, 5) is 31.4. The minimum atomic E-state index is -1.11. The Kier molecular flexibility index (Phi) is 6.21. The predicted molar refractivity (Wildman–Crippen MR) is 125 cm³/mol. The maximum atomic E-state index is 13.1. The van der Waals surface area contributed by atoms with Gasteiger partial charge in [0, 0.05) is 23.0 Å². The quantitative estimate of drug-likeness (QED) is 0.280. The Labute approximate surface area is 203 Å². The molecule has 1 amide bonds. The highest BCUT2D eigenvalue weighted by Crippen LogP contribution is 2.46. The molecule has 0 bridgehead atoms. The number of benzene rings is 2. The van der Waals surface area contributed by atoms with Crippen LogP contribution in [-0.4, -0.2) is 34.0 Å². The highest BCUT2D eigenvalue weighted by Gasteiger charge is 2.48. The number of nitrogens with zero attached hydrogens (tertiary/aromatic N) is 2. The smallest absolute Gasteiger partial charge is 0.300 e. The van der Waals surface area contributed by atoms with Gasteiger partial charge >= 0.3 is 0 Å². The highest BCUT2D eigenvalue weighted by molar-refractivity contribution is 6.52. The number of methoxy groups -OCH3 is 1. The summed E-state index contributed by atoms with van der Waals surface area (Å²) in [7, 11) is 1.39. The van der Waals surface area contributed by atoms with E-state index in [1.165, 1.54) is 49.8 Å². The van der Waals surface area contributed by atoms with Crippen LogP contribution in [0, 0.1) is 0 Å². The first-order valence-corrected chi connectivity index (χ1v) is 10.6. The van der Waals surface area contributed by atoms with Crippen LogP contribution in [0.4, 0.5) is 5.69 Å². The molecule has 0 spiro atoms. The summed E-state index contributed by atoms with van der Waals surface area (Å²) in [6.45, 7) is 0. The molecule has 0 radical (unpaired) electrons. The van der Waals surface area contributed by atoms with Gasteiger partial charge in [-0.3, -0.25) is 19.5 Å². The number of rotatable bonds is 4. The number of aromatic hydroxyl groups is 1. The zero-order valence-electron chi connectivity index (χ0n) is 16.9. The molecule has 1 atom stereocenters. The number of ether oxygens (including phenoxy) is 1. The van der Waals surface area contributed by atoms with Crippen LogP contribution >= 0.6 is 34.8 Å². The summed E-state index contributed by atoms with van der Waals surface area (Å²) in [5, 5.41) is 22.0. The molecule has 1 unspecified atom stereocenters. The van der Waals surface area contributed by atoms with Gasteiger partial charge in [0.1, 0.15) is 11.5 Å². The number of phenols is 1. The molecule has 0 aliphatic carbocycles. The molecule has 168 valence electrons. The van der Waals surface area contributed by atoms with E-state index in [4.69, 9.17) is 39.5 Å². The fraction of sp³-hybridized carbons (Fsp3) is 0.0870. The van der Waals surface area contributed by atoms with Crippen molar-refractivity contribution >= 4 is 57.9 Å². The average Bonchev–Trinajstić information content (AvgIpc) is 3.06. The molecule has 1 aliphatic rings. The summed E-state index contributed by atoms with van der Waals surface area (Å²) in [5.41, 5.74) is 0.296. The van der Waals surface area contributed by atoms with Crippen LogP contribution in [0.1, 0.15) is 17.2 Å². The maximum absolute atomic E-state index is 13.1. The number of carbonyl (C=O) groups is 2. The standard InChI is InChI=1S/C23H15Cl3N2O5/c1-33-22-14(25)7-12(8-15(22)26)20(30)18-19(11-3-2-6-27-10-11)28(23(32)21(18)31)16-9-13(24)4-5-17(16)29/h2-10,19,29-30H,1H3/b20-18+. The number of hydrogen-bond acceptors (Lipinski definition) is 6. The number of aliphatic hydroxyl groups is 1. The monoisotopic (exact) mass is 504 g/mol. The number of Topliss-reactive ketones (excluding diaryl/α,β-unsaturated/α-hetero) is 1. The number of amides is 1. The number of ketones is 1. The Balaban J connectivity index is 1.98. The van der Waals surface area contributed by atoms with Gasteiger partial charge in [-0.05, 0) is 42.0 Å². The third kappa shape index (κ3) is 3.99. The SMILES string of the molecule is COc1c(Cl)cc(/C(O)=C2\C(=O)C(=O)N(c3cc(Cl)ccc3O)C2c2cccnc2)cc1Cl. The van der Waals surface area contributed by atoms with E-state index >= 15 is 0 Å². The molecule has 33 heavy (non-hydrogen) atoms. The first-order valence-electron chi connectivity index (χ1n) is 9.47. The number of hydrogen-bond donors (Lipinski definition) is 2. The van der Waals surface area contributed by atoms with Crippen molar-refractivity contribution in [2.45, 2.75) is 6.04 Å². The molecule has 2 heterocycles. The molecule has 2 N–H and O–H groups in total. The van der Waals surface area contributed by atoms with Gasteiger partial charge in [0.15, 0.2) is 5.75 Å². The number of halogens is 3. The minimum Gasteiger partial charge on any atom is -0.507 e. The van der Waals surface area contributed by atoms with Crippen molar-refractivity contribution in [2.75, 3.05) is 12.0 Å². The number of aliphatic hydroxyl groups excluding tert-OH is 1. The minimum absolute atomic E-state index is 0.00305. The lowest BCUT2D eigenvalue weighted by atomic mass is 9.96. The molecule has 1 saturated heterocycles. The van der Waals surface area contributed by atoms with E-state index in [-0.39, 0.29) is 43.4 Å². The van der Waals surface area contributed by atoms with Gasteiger partial charge in [0.25, 0.3) is 11.7 Å². The Morgan fingerprint density at radius 3 is 2.39 bits per heavy atom. The van der Waals surface area contributed by atoms with Crippen LogP contribution in [0.2, 0.25) is 15.1 Å². The highest BCUT2D eigenvalue weighted by atomic mass is 35.5. The second-order valence-corrected chi connectivity index (χ2v) is 8.31. The lowest BCUT2D eigenvalue weighted by molar-refractivity contribution is -0.132. The lowest BCUT2D eigenvalue weighted by Crippen LogP contribution is -2.29. The van der Waals surface area contributed by atoms with Gasteiger partial charge in [-0.1, -0.05) is 40.9 Å². The van der Waals surface area contributed by atoms with E-state index in [9.17, 15) is 19.8 Å². The summed E-state index contributed by atoms with van der Waals surface area (Å²) >= 11 is 18.5. The fourth-order valence-corrected chi connectivity index (χ4v) is 4.48. The van der Waals surface area contributed by atoms with Crippen molar-refractivity contribution in [2.24, 2.45) is 0 Å². The topological polar surface area (TPSA) is 100.0 Å². The van der Waals surface area contributed by atoms with Crippen molar-refractivity contribution in [3.05, 3.63) is 86.6 Å². The number of anilines is 1. The third-order valence-electron chi connectivity index (χ3n) is 5.12. The second kappa shape index (κ2) is 8.94. The van der Waals surface area contributed by atoms with Crippen LogP contribution in [0.5, 0.6) is 11.5 Å². The molecule has 7 nitrogen and oxygen atoms in total. The zero-order valence-corrected chi connectivity index (χ0v) is 19.2. The lowest BCUT2D eigenvalue weighted by Gasteiger charge is -2.26.